The Balaban J connectivity index is 1.45. The van der Waals surface area contributed by atoms with E-state index in [1.54, 1.807) is 18.4 Å². The highest BCUT2D eigenvalue weighted by Crippen LogP contribution is 2.38. The van der Waals surface area contributed by atoms with Gasteiger partial charge in [0.15, 0.2) is 0 Å². The minimum Gasteiger partial charge on any atom is -0.496 e. The molecule has 156 valence electrons. The summed E-state index contributed by atoms with van der Waals surface area (Å²) < 4.78 is 5.47. The maximum absolute atomic E-state index is 12.3. The van der Waals surface area contributed by atoms with Gasteiger partial charge in [-0.05, 0) is 50.5 Å². The molecule has 1 aliphatic heterocycles. The Morgan fingerprint density at radius 1 is 1.13 bits per heavy atom. The van der Waals surface area contributed by atoms with E-state index in [4.69, 9.17) is 9.72 Å². The molecule has 4 rings (SSSR count). The Bertz CT molecular complexity index is 1010. The van der Waals surface area contributed by atoms with Crippen molar-refractivity contribution in [2.45, 2.75) is 31.2 Å². The van der Waals surface area contributed by atoms with Crippen molar-refractivity contribution in [3.63, 3.8) is 0 Å². The number of aryl methyl sites for hydroxylation is 1. The standard InChI is InChI=1S/C22H24N4O2S2/c1-15-21(30-22(23-15)16-8-4-5-9-18(16)28-2)17-10-11-19(25-24-17)29-14-20(27)26-12-6-3-7-13-26/h4-5,8-11H,3,6-7,12-14H2,1-2H3. The van der Waals surface area contributed by atoms with Crippen molar-refractivity contribution in [1.29, 1.82) is 0 Å². The topological polar surface area (TPSA) is 68.2 Å². The molecule has 30 heavy (non-hydrogen) atoms. The minimum absolute atomic E-state index is 0.185. The molecule has 6 nitrogen and oxygen atoms in total. The van der Waals surface area contributed by atoms with Gasteiger partial charge in [0.05, 0.1) is 29.0 Å². The first-order valence-electron chi connectivity index (χ1n) is 10.0. The van der Waals surface area contributed by atoms with Gasteiger partial charge in [-0.3, -0.25) is 4.79 Å². The molecule has 0 bridgehead atoms. The highest BCUT2D eigenvalue weighted by atomic mass is 32.2. The number of aromatic nitrogens is 3. The second kappa shape index (κ2) is 9.57. The molecule has 1 fully saturated rings. The normalized spacial score (nSPS) is 14.0. The average molecular weight is 441 g/mol. The molecular formula is C22H24N4O2S2. The number of rotatable bonds is 6. The molecule has 3 heterocycles. The van der Waals surface area contributed by atoms with E-state index in [1.807, 2.05) is 48.2 Å². The summed E-state index contributed by atoms with van der Waals surface area (Å²) in [6.45, 7) is 3.73. The Morgan fingerprint density at radius 2 is 1.93 bits per heavy atom. The van der Waals surface area contributed by atoms with Gasteiger partial charge in [-0.15, -0.1) is 21.5 Å². The zero-order chi connectivity index (χ0) is 20.9. The monoisotopic (exact) mass is 440 g/mol. The fourth-order valence-corrected chi connectivity index (χ4v) is 5.24. The van der Waals surface area contributed by atoms with Crippen LogP contribution in [0.25, 0.3) is 21.1 Å². The molecule has 1 amide bonds. The third-order valence-corrected chi connectivity index (χ3v) is 7.18. The summed E-state index contributed by atoms with van der Waals surface area (Å²) in [6.07, 6.45) is 3.44. The first-order valence-corrected chi connectivity index (χ1v) is 11.8. The average Bonchev–Trinajstić information content (AvgIpc) is 3.19. The minimum atomic E-state index is 0.185. The molecule has 0 atom stereocenters. The predicted octanol–water partition coefficient (Wildman–Crippen LogP) is 4.69. The van der Waals surface area contributed by atoms with Crippen LogP contribution in [0.15, 0.2) is 41.4 Å². The van der Waals surface area contributed by atoms with Crippen LogP contribution < -0.4 is 4.74 Å². The molecular weight excluding hydrogens is 416 g/mol. The lowest BCUT2D eigenvalue weighted by atomic mass is 10.1. The molecule has 1 saturated heterocycles. The number of amides is 1. The highest BCUT2D eigenvalue weighted by Gasteiger charge is 2.18. The zero-order valence-electron chi connectivity index (χ0n) is 17.1. The summed E-state index contributed by atoms with van der Waals surface area (Å²) in [6, 6.07) is 11.7. The van der Waals surface area contributed by atoms with Crippen molar-refractivity contribution in [2.75, 3.05) is 26.0 Å². The van der Waals surface area contributed by atoms with Crippen molar-refractivity contribution >= 4 is 29.0 Å². The van der Waals surface area contributed by atoms with E-state index in [-0.39, 0.29) is 5.91 Å². The van der Waals surface area contributed by atoms with Crippen LogP contribution in [0.2, 0.25) is 0 Å². The third-order valence-electron chi connectivity index (χ3n) is 5.06. The fraction of sp³-hybridized carbons (Fsp3) is 0.364. The first kappa shape index (κ1) is 20.8. The summed E-state index contributed by atoms with van der Waals surface area (Å²) in [5, 5.41) is 10.4. The highest BCUT2D eigenvalue weighted by molar-refractivity contribution is 7.99. The van der Waals surface area contributed by atoms with Gasteiger partial charge in [0.1, 0.15) is 21.5 Å². The lowest BCUT2D eigenvalue weighted by Crippen LogP contribution is -2.36. The number of nitrogens with zero attached hydrogens (tertiary/aromatic N) is 4. The molecule has 2 aromatic heterocycles. The number of para-hydroxylation sites is 1. The Hall–Kier alpha value is -2.45. The molecule has 0 saturated carbocycles. The number of thiazole rings is 1. The largest absolute Gasteiger partial charge is 0.496 e. The van der Waals surface area contributed by atoms with Crippen molar-refractivity contribution in [3.8, 4) is 26.9 Å². The summed E-state index contributed by atoms with van der Waals surface area (Å²) in [7, 11) is 1.66. The van der Waals surface area contributed by atoms with Crippen LogP contribution in [0.3, 0.4) is 0 Å². The van der Waals surface area contributed by atoms with Crippen LogP contribution in [0.4, 0.5) is 0 Å². The number of carbonyl (C=O) groups excluding carboxylic acids is 1. The van der Waals surface area contributed by atoms with Crippen molar-refractivity contribution in [2.24, 2.45) is 0 Å². The summed E-state index contributed by atoms with van der Waals surface area (Å²) >= 11 is 3.02. The van der Waals surface area contributed by atoms with Gasteiger partial charge >= 0.3 is 0 Å². The summed E-state index contributed by atoms with van der Waals surface area (Å²) in [4.78, 5) is 20.0. The molecule has 0 aliphatic carbocycles. The second-order valence-electron chi connectivity index (χ2n) is 7.12. The molecule has 8 heteroatoms. The van der Waals surface area contributed by atoms with Gasteiger partial charge in [-0.1, -0.05) is 23.9 Å². The Labute approximate surface area is 184 Å². The van der Waals surface area contributed by atoms with E-state index in [0.717, 1.165) is 63.5 Å². The van der Waals surface area contributed by atoms with E-state index >= 15 is 0 Å². The molecule has 1 aromatic carbocycles. The van der Waals surface area contributed by atoms with Gasteiger partial charge in [0.2, 0.25) is 5.91 Å². The number of hydrogen-bond donors (Lipinski definition) is 0. The number of piperidine rings is 1. The van der Waals surface area contributed by atoms with Gasteiger partial charge in [0, 0.05) is 13.1 Å². The third kappa shape index (κ3) is 4.65. The first-order chi connectivity index (χ1) is 14.7. The van der Waals surface area contributed by atoms with E-state index in [9.17, 15) is 4.79 Å². The number of hydrogen-bond acceptors (Lipinski definition) is 7. The summed E-state index contributed by atoms with van der Waals surface area (Å²) in [5.41, 5.74) is 2.67. The number of methoxy groups -OCH3 is 1. The van der Waals surface area contributed by atoms with Crippen LogP contribution >= 0.6 is 23.1 Å². The Kier molecular flexibility index (Phi) is 6.64. The number of likely N-dealkylation sites (tertiary alicyclic amines) is 1. The van der Waals surface area contributed by atoms with Crippen molar-refractivity contribution < 1.29 is 9.53 Å². The molecule has 1 aliphatic rings. The maximum atomic E-state index is 12.3. The van der Waals surface area contributed by atoms with Crippen LogP contribution in [-0.2, 0) is 4.79 Å². The van der Waals surface area contributed by atoms with E-state index in [0.29, 0.717) is 5.75 Å². The lowest BCUT2D eigenvalue weighted by molar-refractivity contribution is -0.129. The second-order valence-corrected chi connectivity index (χ2v) is 9.12. The number of thioether (sulfide) groups is 1. The molecule has 3 aromatic rings. The SMILES string of the molecule is COc1ccccc1-c1nc(C)c(-c2ccc(SCC(=O)N3CCCCC3)nn2)s1. The van der Waals surface area contributed by atoms with Crippen LogP contribution in [0.5, 0.6) is 5.75 Å². The van der Waals surface area contributed by atoms with Gasteiger partial charge in [-0.2, -0.15) is 0 Å². The number of ether oxygens (including phenoxy) is 1. The van der Waals surface area contributed by atoms with Gasteiger partial charge in [0.25, 0.3) is 0 Å². The molecule has 0 spiro atoms. The number of benzene rings is 1. The molecule has 0 N–H and O–H groups in total. The van der Waals surface area contributed by atoms with Crippen LogP contribution in [0, 0.1) is 6.92 Å². The Morgan fingerprint density at radius 3 is 2.67 bits per heavy atom. The van der Waals surface area contributed by atoms with Crippen LogP contribution in [0.1, 0.15) is 25.0 Å². The van der Waals surface area contributed by atoms with Crippen molar-refractivity contribution in [3.05, 3.63) is 42.1 Å². The summed E-state index contributed by atoms with van der Waals surface area (Å²) in [5.74, 6) is 1.39. The lowest BCUT2D eigenvalue weighted by Gasteiger charge is -2.26. The predicted molar refractivity (Wildman–Crippen MR) is 121 cm³/mol. The van der Waals surface area contributed by atoms with Gasteiger partial charge < -0.3 is 9.64 Å². The van der Waals surface area contributed by atoms with E-state index in [1.165, 1.54) is 18.2 Å². The smallest absolute Gasteiger partial charge is 0.232 e. The van der Waals surface area contributed by atoms with Crippen molar-refractivity contribution in [1.82, 2.24) is 20.1 Å². The van der Waals surface area contributed by atoms with E-state index in [2.05, 4.69) is 10.2 Å². The fourth-order valence-electron chi connectivity index (χ4n) is 3.46. The number of carbonyl (C=O) groups is 1. The van der Waals surface area contributed by atoms with Crippen LogP contribution in [-0.4, -0.2) is 51.9 Å². The van der Waals surface area contributed by atoms with Gasteiger partial charge in [-0.25, -0.2) is 4.98 Å². The molecule has 0 radical (unpaired) electrons. The zero-order valence-corrected chi connectivity index (χ0v) is 18.8. The van der Waals surface area contributed by atoms with E-state index < -0.39 is 0 Å². The maximum Gasteiger partial charge on any atom is 0.232 e. The molecule has 0 unspecified atom stereocenters. The quantitative estimate of drug-likeness (QED) is 0.518.